The van der Waals surface area contributed by atoms with Crippen molar-refractivity contribution < 1.29 is 13.6 Å². The summed E-state index contributed by atoms with van der Waals surface area (Å²) in [4.78, 5) is 11.7. The van der Waals surface area contributed by atoms with E-state index in [1.165, 1.54) is 7.05 Å². The highest BCUT2D eigenvalue weighted by molar-refractivity contribution is 5.79. The number of nitrogens with zero attached hydrogens (tertiary/aromatic N) is 1. The van der Waals surface area contributed by atoms with Crippen LogP contribution in [0, 0.1) is 5.92 Å². The fourth-order valence-electron chi connectivity index (χ4n) is 0.944. The Balaban J connectivity index is 2.26. The van der Waals surface area contributed by atoms with Crippen LogP contribution in [-0.2, 0) is 4.79 Å². The fraction of sp³-hybridized carbons (Fsp3) is 0.857. The standard InChI is InChI=1S/C7H11F2NO/c1-10(4-5-2-3-5)7(11)6(8)9/h5-6H,2-4H2,1H3. The first kappa shape index (κ1) is 8.43. The number of carbonyl (C=O) groups is 1. The van der Waals surface area contributed by atoms with E-state index >= 15 is 0 Å². The van der Waals surface area contributed by atoms with Crippen molar-refractivity contribution in [3.05, 3.63) is 0 Å². The van der Waals surface area contributed by atoms with Gasteiger partial charge >= 0.3 is 6.43 Å². The van der Waals surface area contributed by atoms with E-state index in [1.807, 2.05) is 0 Å². The number of hydrogen-bond donors (Lipinski definition) is 0. The summed E-state index contributed by atoms with van der Waals surface area (Å²) < 4.78 is 23.5. The maximum atomic E-state index is 11.8. The van der Waals surface area contributed by atoms with Crippen LogP contribution in [0.1, 0.15) is 12.8 Å². The molecule has 1 amide bonds. The van der Waals surface area contributed by atoms with E-state index in [2.05, 4.69) is 0 Å². The first-order valence-electron chi connectivity index (χ1n) is 3.64. The third-order valence-electron chi connectivity index (χ3n) is 1.79. The van der Waals surface area contributed by atoms with Crippen LogP contribution in [0.5, 0.6) is 0 Å². The van der Waals surface area contributed by atoms with Crippen LogP contribution < -0.4 is 0 Å². The quantitative estimate of drug-likeness (QED) is 0.610. The Kier molecular flexibility index (Phi) is 2.42. The summed E-state index contributed by atoms with van der Waals surface area (Å²) in [5.74, 6) is -0.584. The van der Waals surface area contributed by atoms with E-state index in [9.17, 15) is 13.6 Å². The molecule has 2 nitrogen and oxygen atoms in total. The van der Waals surface area contributed by atoms with Gasteiger partial charge in [-0.05, 0) is 18.8 Å². The fourth-order valence-corrected chi connectivity index (χ4v) is 0.944. The van der Waals surface area contributed by atoms with Gasteiger partial charge in [0.1, 0.15) is 0 Å². The molecule has 1 aliphatic carbocycles. The molecule has 4 heteroatoms. The van der Waals surface area contributed by atoms with Crippen molar-refractivity contribution in [3.8, 4) is 0 Å². The minimum Gasteiger partial charge on any atom is -0.341 e. The Hall–Kier alpha value is -0.670. The molecule has 0 heterocycles. The Morgan fingerprint density at radius 1 is 1.64 bits per heavy atom. The summed E-state index contributed by atoms with van der Waals surface area (Å²) in [6, 6.07) is 0. The molecule has 0 bridgehead atoms. The van der Waals surface area contributed by atoms with Gasteiger partial charge in [0.15, 0.2) is 0 Å². The smallest absolute Gasteiger partial charge is 0.315 e. The molecule has 0 aromatic rings. The van der Waals surface area contributed by atoms with Crippen LogP contribution in [0.3, 0.4) is 0 Å². The molecule has 0 aliphatic heterocycles. The average molecular weight is 163 g/mol. The number of alkyl halides is 2. The van der Waals surface area contributed by atoms with Crippen LogP contribution in [0.4, 0.5) is 8.78 Å². The molecular weight excluding hydrogens is 152 g/mol. The number of amides is 1. The van der Waals surface area contributed by atoms with Crippen molar-refractivity contribution >= 4 is 5.91 Å². The second kappa shape index (κ2) is 3.15. The molecule has 1 fully saturated rings. The molecule has 0 atom stereocenters. The summed E-state index contributed by atoms with van der Waals surface area (Å²) in [7, 11) is 1.42. The monoisotopic (exact) mass is 163 g/mol. The van der Waals surface area contributed by atoms with E-state index in [0.29, 0.717) is 12.5 Å². The Bertz CT molecular complexity index is 157. The van der Waals surface area contributed by atoms with Gasteiger partial charge < -0.3 is 4.90 Å². The maximum absolute atomic E-state index is 11.8. The topological polar surface area (TPSA) is 20.3 Å². The number of hydrogen-bond acceptors (Lipinski definition) is 1. The molecule has 0 unspecified atom stereocenters. The molecule has 11 heavy (non-hydrogen) atoms. The van der Waals surface area contributed by atoms with Crippen molar-refractivity contribution in [2.24, 2.45) is 5.92 Å². The zero-order valence-corrected chi connectivity index (χ0v) is 6.39. The van der Waals surface area contributed by atoms with E-state index in [4.69, 9.17) is 0 Å². The molecule has 64 valence electrons. The molecule has 1 rings (SSSR count). The average Bonchev–Trinajstić information content (AvgIpc) is 2.69. The lowest BCUT2D eigenvalue weighted by molar-refractivity contribution is -0.141. The lowest BCUT2D eigenvalue weighted by Crippen LogP contribution is -2.33. The van der Waals surface area contributed by atoms with E-state index in [1.54, 1.807) is 0 Å². The minimum absolute atomic E-state index is 0.475. The predicted molar refractivity (Wildman–Crippen MR) is 36.4 cm³/mol. The van der Waals surface area contributed by atoms with Gasteiger partial charge in [-0.1, -0.05) is 0 Å². The van der Waals surface area contributed by atoms with Gasteiger partial charge in [0.25, 0.3) is 5.91 Å². The van der Waals surface area contributed by atoms with Crippen molar-refractivity contribution in [3.63, 3.8) is 0 Å². The second-order valence-corrected chi connectivity index (χ2v) is 2.96. The van der Waals surface area contributed by atoms with Crippen LogP contribution in [0.15, 0.2) is 0 Å². The number of rotatable bonds is 3. The lowest BCUT2D eigenvalue weighted by Gasteiger charge is -2.15. The van der Waals surface area contributed by atoms with Crippen molar-refractivity contribution in [1.29, 1.82) is 0 Å². The normalized spacial score (nSPS) is 17.1. The van der Waals surface area contributed by atoms with Gasteiger partial charge in [-0.25, -0.2) is 0 Å². The van der Waals surface area contributed by atoms with Gasteiger partial charge in [0.05, 0.1) is 0 Å². The Morgan fingerprint density at radius 2 is 2.18 bits per heavy atom. The first-order valence-corrected chi connectivity index (χ1v) is 3.64. The summed E-state index contributed by atoms with van der Waals surface area (Å²) in [6.45, 7) is 0.489. The number of halogens is 2. The minimum atomic E-state index is -2.85. The zero-order valence-electron chi connectivity index (χ0n) is 6.39. The maximum Gasteiger partial charge on any atom is 0.315 e. The van der Waals surface area contributed by atoms with Crippen LogP contribution in [-0.4, -0.2) is 30.8 Å². The van der Waals surface area contributed by atoms with Gasteiger partial charge in [-0.2, -0.15) is 8.78 Å². The zero-order chi connectivity index (χ0) is 8.43. The predicted octanol–water partition coefficient (Wildman–Crippen LogP) is 1.12. The van der Waals surface area contributed by atoms with Gasteiger partial charge in [-0.15, -0.1) is 0 Å². The van der Waals surface area contributed by atoms with Crippen LogP contribution in [0.2, 0.25) is 0 Å². The van der Waals surface area contributed by atoms with Crippen LogP contribution in [0.25, 0.3) is 0 Å². The Labute approximate surface area is 64.2 Å². The SMILES string of the molecule is CN(CC1CC1)C(=O)C(F)F. The summed E-state index contributed by atoms with van der Waals surface area (Å²) >= 11 is 0. The highest BCUT2D eigenvalue weighted by Crippen LogP contribution is 2.29. The molecule has 0 radical (unpaired) electrons. The van der Waals surface area contributed by atoms with Gasteiger partial charge in [0.2, 0.25) is 0 Å². The van der Waals surface area contributed by atoms with Crippen molar-refractivity contribution in [2.75, 3.05) is 13.6 Å². The molecule has 0 aromatic heterocycles. The molecule has 0 aromatic carbocycles. The lowest BCUT2D eigenvalue weighted by atomic mass is 10.4. The molecule has 0 saturated heterocycles. The third-order valence-corrected chi connectivity index (χ3v) is 1.79. The molecule has 0 spiro atoms. The summed E-state index contributed by atoms with van der Waals surface area (Å²) in [5.41, 5.74) is 0. The van der Waals surface area contributed by atoms with E-state index < -0.39 is 12.3 Å². The van der Waals surface area contributed by atoms with Gasteiger partial charge in [0, 0.05) is 13.6 Å². The third kappa shape index (κ3) is 2.44. The van der Waals surface area contributed by atoms with Gasteiger partial charge in [-0.3, -0.25) is 4.79 Å². The second-order valence-electron chi connectivity index (χ2n) is 2.96. The Morgan fingerprint density at radius 3 is 2.55 bits per heavy atom. The largest absolute Gasteiger partial charge is 0.341 e. The molecule has 1 saturated carbocycles. The van der Waals surface area contributed by atoms with Crippen LogP contribution >= 0.6 is 0 Å². The molecule has 1 aliphatic rings. The van der Waals surface area contributed by atoms with E-state index in [-0.39, 0.29) is 0 Å². The van der Waals surface area contributed by atoms with Crippen molar-refractivity contribution in [1.82, 2.24) is 4.90 Å². The highest BCUT2D eigenvalue weighted by Gasteiger charge is 2.27. The van der Waals surface area contributed by atoms with E-state index in [0.717, 1.165) is 17.7 Å². The molecule has 0 N–H and O–H groups in total. The number of carbonyl (C=O) groups excluding carboxylic acids is 1. The highest BCUT2D eigenvalue weighted by atomic mass is 19.3. The summed E-state index contributed by atoms with van der Waals surface area (Å²) in [5, 5.41) is 0. The summed E-state index contributed by atoms with van der Waals surface area (Å²) in [6.07, 6.45) is -0.708. The van der Waals surface area contributed by atoms with Crippen molar-refractivity contribution in [2.45, 2.75) is 19.3 Å². The first-order chi connectivity index (χ1) is 5.11. The molecular formula is C7H11F2NO.